The standard InChI is InChI=1S/C10H20N2S/c1-5-7(2)9(4)12-10-11-6-8(3)13-10/h7-9H,5-6H2,1-4H3,(H,11,12). The largest absolute Gasteiger partial charge is 0.362 e. The predicted octanol–water partition coefficient (Wildman–Crippen LogP) is 2.50. The summed E-state index contributed by atoms with van der Waals surface area (Å²) in [5.74, 6) is 0.721. The molecule has 3 heteroatoms. The van der Waals surface area contributed by atoms with Gasteiger partial charge in [0, 0.05) is 11.3 Å². The summed E-state index contributed by atoms with van der Waals surface area (Å²) in [5, 5.41) is 5.27. The van der Waals surface area contributed by atoms with Crippen molar-refractivity contribution in [2.45, 2.75) is 45.4 Å². The third kappa shape index (κ3) is 3.22. The molecule has 0 aromatic carbocycles. The number of amidine groups is 1. The topological polar surface area (TPSA) is 24.4 Å². The monoisotopic (exact) mass is 200 g/mol. The molecule has 0 bridgehead atoms. The van der Waals surface area contributed by atoms with Crippen LogP contribution in [0.15, 0.2) is 4.99 Å². The first-order chi connectivity index (χ1) is 6.13. The lowest BCUT2D eigenvalue weighted by Gasteiger charge is -2.20. The summed E-state index contributed by atoms with van der Waals surface area (Å²) in [6.45, 7) is 9.94. The molecule has 3 unspecified atom stereocenters. The van der Waals surface area contributed by atoms with Crippen LogP contribution in [0.25, 0.3) is 0 Å². The van der Waals surface area contributed by atoms with Crippen molar-refractivity contribution in [3.05, 3.63) is 0 Å². The lowest BCUT2D eigenvalue weighted by Crippen LogP contribution is -2.34. The maximum atomic E-state index is 4.44. The molecule has 2 nitrogen and oxygen atoms in total. The Labute approximate surface area is 85.6 Å². The maximum absolute atomic E-state index is 4.44. The van der Waals surface area contributed by atoms with Gasteiger partial charge < -0.3 is 5.32 Å². The average Bonchev–Trinajstić information content (AvgIpc) is 2.49. The van der Waals surface area contributed by atoms with Gasteiger partial charge in [-0.1, -0.05) is 39.0 Å². The summed E-state index contributed by atoms with van der Waals surface area (Å²) in [4.78, 5) is 4.44. The van der Waals surface area contributed by atoms with Gasteiger partial charge in [-0.15, -0.1) is 0 Å². The van der Waals surface area contributed by atoms with Crippen LogP contribution < -0.4 is 5.32 Å². The van der Waals surface area contributed by atoms with Gasteiger partial charge in [0.15, 0.2) is 5.17 Å². The summed E-state index contributed by atoms with van der Waals surface area (Å²) >= 11 is 1.86. The molecule has 0 spiro atoms. The van der Waals surface area contributed by atoms with E-state index in [1.807, 2.05) is 11.8 Å². The summed E-state index contributed by atoms with van der Waals surface area (Å²) in [7, 11) is 0. The molecular weight excluding hydrogens is 180 g/mol. The molecule has 0 aromatic rings. The predicted molar refractivity (Wildman–Crippen MR) is 61.4 cm³/mol. The number of aliphatic imine (C=N–C) groups is 1. The minimum absolute atomic E-state index is 0.543. The summed E-state index contributed by atoms with van der Waals surface area (Å²) in [6.07, 6.45) is 1.22. The van der Waals surface area contributed by atoms with E-state index >= 15 is 0 Å². The quantitative estimate of drug-likeness (QED) is 0.757. The number of nitrogens with one attached hydrogen (secondary N) is 1. The fourth-order valence-corrected chi connectivity index (χ4v) is 2.18. The van der Waals surface area contributed by atoms with Gasteiger partial charge in [-0.25, -0.2) is 0 Å². The third-order valence-electron chi connectivity index (χ3n) is 2.65. The van der Waals surface area contributed by atoms with Crippen molar-refractivity contribution < 1.29 is 0 Å². The molecule has 76 valence electrons. The van der Waals surface area contributed by atoms with E-state index in [1.165, 1.54) is 6.42 Å². The Hall–Kier alpha value is -0.180. The van der Waals surface area contributed by atoms with Crippen molar-refractivity contribution >= 4 is 16.9 Å². The highest BCUT2D eigenvalue weighted by Crippen LogP contribution is 2.19. The second-order valence-corrected chi connectivity index (χ2v) is 5.32. The molecule has 1 N–H and O–H groups in total. The molecular formula is C10H20N2S. The molecule has 1 aliphatic heterocycles. The van der Waals surface area contributed by atoms with E-state index in [2.05, 4.69) is 38.0 Å². The summed E-state index contributed by atoms with van der Waals surface area (Å²) in [5.41, 5.74) is 0. The Kier molecular flexibility index (Phi) is 4.10. The second-order valence-electron chi connectivity index (χ2n) is 3.89. The van der Waals surface area contributed by atoms with Crippen LogP contribution in [-0.2, 0) is 0 Å². The molecule has 1 rings (SSSR count). The van der Waals surface area contributed by atoms with Crippen LogP contribution >= 0.6 is 11.8 Å². The fraction of sp³-hybridized carbons (Fsp3) is 0.900. The number of hydrogen-bond acceptors (Lipinski definition) is 3. The van der Waals surface area contributed by atoms with Crippen LogP contribution in [-0.4, -0.2) is 23.0 Å². The lowest BCUT2D eigenvalue weighted by atomic mass is 10.0. The van der Waals surface area contributed by atoms with Gasteiger partial charge in [-0.3, -0.25) is 4.99 Å². The van der Waals surface area contributed by atoms with Gasteiger partial charge in [0.05, 0.1) is 6.54 Å². The first-order valence-corrected chi connectivity index (χ1v) is 5.99. The Balaban J connectivity index is 2.32. The van der Waals surface area contributed by atoms with E-state index in [4.69, 9.17) is 0 Å². The number of rotatable bonds is 3. The first-order valence-electron chi connectivity index (χ1n) is 5.11. The van der Waals surface area contributed by atoms with Crippen LogP contribution in [0.1, 0.15) is 34.1 Å². The molecule has 13 heavy (non-hydrogen) atoms. The second kappa shape index (κ2) is 4.89. The van der Waals surface area contributed by atoms with Crippen molar-refractivity contribution in [3.8, 4) is 0 Å². The zero-order chi connectivity index (χ0) is 9.84. The SMILES string of the molecule is CCC(C)C(C)NC1=NCC(C)S1. The normalized spacial score (nSPS) is 26.8. The zero-order valence-electron chi connectivity index (χ0n) is 9.00. The molecule has 0 fully saturated rings. The van der Waals surface area contributed by atoms with Gasteiger partial charge in [0.2, 0.25) is 0 Å². The molecule has 0 amide bonds. The van der Waals surface area contributed by atoms with Gasteiger partial charge in [-0.2, -0.15) is 0 Å². The fourth-order valence-electron chi connectivity index (χ4n) is 1.25. The van der Waals surface area contributed by atoms with E-state index in [1.54, 1.807) is 0 Å². The number of hydrogen-bond donors (Lipinski definition) is 1. The van der Waals surface area contributed by atoms with E-state index in [0.717, 1.165) is 17.6 Å². The Morgan fingerprint density at radius 3 is 2.77 bits per heavy atom. The van der Waals surface area contributed by atoms with Crippen molar-refractivity contribution in [1.82, 2.24) is 5.32 Å². The third-order valence-corrected chi connectivity index (χ3v) is 3.68. The van der Waals surface area contributed by atoms with Crippen molar-refractivity contribution in [1.29, 1.82) is 0 Å². The van der Waals surface area contributed by atoms with Gasteiger partial charge in [0.1, 0.15) is 0 Å². The van der Waals surface area contributed by atoms with Gasteiger partial charge in [0.25, 0.3) is 0 Å². The van der Waals surface area contributed by atoms with Crippen LogP contribution in [0.2, 0.25) is 0 Å². The highest BCUT2D eigenvalue weighted by molar-refractivity contribution is 8.14. The lowest BCUT2D eigenvalue weighted by molar-refractivity contribution is 0.439. The molecule has 1 heterocycles. The summed E-state index contributed by atoms with van der Waals surface area (Å²) in [6, 6.07) is 0.543. The van der Waals surface area contributed by atoms with E-state index in [-0.39, 0.29) is 0 Å². The van der Waals surface area contributed by atoms with Crippen molar-refractivity contribution in [3.63, 3.8) is 0 Å². The molecule has 0 saturated carbocycles. The molecule has 0 saturated heterocycles. The van der Waals surface area contributed by atoms with Crippen LogP contribution in [0.5, 0.6) is 0 Å². The van der Waals surface area contributed by atoms with E-state index in [0.29, 0.717) is 11.3 Å². The van der Waals surface area contributed by atoms with Crippen LogP contribution in [0.4, 0.5) is 0 Å². The van der Waals surface area contributed by atoms with Crippen LogP contribution in [0, 0.1) is 5.92 Å². The Morgan fingerprint density at radius 1 is 1.62 bits per heavy atom. The Bertz CT molecular complexity index is 191. The average molecular weight is 200 g/mol. The van der Waals surface area contributed by atoms with Gasteiger partial charge >= 0.3 is 0 Å². The zero-order valence-corrected chi connectivity index (χ0v) is 9.82. The van der Waals surface area contributed by atoms with E-state index < -0.39 is 0 Å². The van der Waals surface area contributed by atoms with Crippen molar-refractivity contribution in [2.75, 3.05) is 6.54 Å². The molecule has 1 aliphatic rings. The maximum Gasteiger partial charge on any atom is 0.157 e. The summed E-state index contributed by atoms with van der Waals surface area (Å²) < 4.78 is 0. The van der Waals surface area contributed by atoms with Crippen molar-refractivity contribution in [2.24, 2.45) is 10.9 Å². The minimum atomic E-state index is 0.543. The van der Waals surface area contributed by atoms with E-state index in [9.17, 15) is 0 Å². The minimum Gasteiger partial charge on any atom is -0.362 e. The smallest absolute Gasteiger partial charge is 0.157 e. The Morgan fingerprint density at radius 2 is 2.31 bits per heavy atom. The molecule has 0 aliphatic carbocycles. The molecule has 0 aromatic heterocycles. The molecule has 0 radical (unpaired) electrons. The molecule has 3 atom stereocenters. The number of nitrogens with zero attached hydrogens (tertiary/aromatic N) is 1. The highest BCUT2D eigenvalue weighted by Gasteiger charge is 2.18. The van der Waals surface area contributed by atoms with Gasteiger partial charge in [-0.05, 0) is 12.8 Å². The number of thioether (sulfide) groups is 1. The highest BCUT2D eigenvalue weighted by atomic mass is 32.2. The van der Waals surface area contributed by atoms with Crippen LogP contribution in [0.3, 0.4) is 0 Å². The first kappa shape index (κ1) is 10.9.